The summed E-state index contributed by atoms with van der Waals surface area (Å²) in [5.41, 5.74) is 0.679. The van der Waals surface area contributed by atoms with E-state index in [1.165, 1.54) is 0 Å². The van der Waals surface area contributed by atoms with Crippen LogP contribution in [0.1, 0.15) is 37.7 Å². The number of hydrogen-bond acceptors (Lipinski definition) is 3. The standard InChI is InChI=1S/C14H20O4/c1-4-5-6-11(14(15)16)12-9-10(17-2)7-8-13(12)18-3/h7-9,11H,4-6H2,1-3H3,(H,15,16). The van der Waals surface area contributed by atoms with E-state index in [1.807, 2.05) is 6.92 Å². The average Bonchev–Trinajstić information content (AvgIpc) is 2.38. The van der Waals surface area contributed by atoms with Gasteiger partial charge in [0, 0.05) is 5.56 Å². The number of hydrogen-bond donors (Lipinski definition) is 1. The van der Waals surface area contributed by atoms with Crippen molar-refractivity contribution in [2.45, 2.75) is 32.1 Å². The van der Waals surface area contributed by atoms with Gasteiger partial charge in [0.05, 0.1) is 20.1 Å². The molecule has 1 aromatic carbocycles. The number of carboxylic acids is 1. The first-order valence-corrected chi connectivity index (χ1v) is 6.08. The minimum atomic E-state index is -0.824. The van der Waals surface area contributed by atoms with Gasteiger partial charge in [-0.1, -0.05) is 19.8 Å². The normalized spacial score (nSPS) is 11.9. The largest absolute Gasteiger partial charge is 0.497 e. The number of unbranched alkanes of at least 4 members (excludes halogenated alkanes) is 1. The molecule has 0 saturated carbocycles. The first kappa shape index (κ1) is 14.4. The van der Waals surface area contributed by atoms with Gasteiger partial charge in [-0.2, -0.15) is 0 Å². The Labute approximate surface area is 108 Å². The molecule has 4 heteroatoms. The topological polar surface area (TPSA) is 55.8 Å². The minimum Gasteiger partial charge on any atom is -0.497 e. The van der Waals surface area contributed by atoms with Crippen LogP contribution in [0.5, 0.6) is 11.5 Å². The Balaban J connectivity index is 3.11. The summed E-state index contributed by atoms with van der Waals surface area (Å²) in [6.07, 6.45) is 2.45. The van der Waals surface area contributed by atoms with Crippen molar-refractivity contribution in [3.05, 3.63) is 23.8 Å². The maximum absolute atomic E-state index is 11.4. The van der Waals surface area contributed by atoms with Crippen molar-refractivity contribution in [3.8, 4) is 11.5 Å². The number of carbonyl (C=O) groups is 1. The molecule has 1 rings (SSSR count). The van der Waals surface area contributed by atoms with Crippen LogP contribution in [-0.4, -0.2) is 25.3 Å². The number of ether oxygens (including phenoxy) is 2. The Morgan fingerprint density at radius 2 is 2.06 bits per heavy atom. The smallest absolute Gasteiger partial charge is 0.311 e. The van der Waals surface area contributed by atoms with E-state index in [9.17, 15) is 9.90 Å². The highest BCUT2D eigenvalue weighted by molar-refractivity contribution is 5.77. The summed E-state index contributed by atoms with van der Waals surface area (Å²) in [5.74, 6) is -0.127. The molecule has 0 aliphatic rings. The van der Waals surface area contributed by atoms with Crippen LogP contribution in [0, 0.1) is 0 Å². The maximum Gasteiger partial charge on any atom is 0.311 e. The first-order valence-electron chi connectivity index (χ1n) is 6.08. The van der Waals surface area contributed by atoms with E-state index in [0.29, 0.717) is 23.5 Å². The lowest BCUT2D eigenvalue weighted by Crippen LogP contribution is -2.13. The molecule has 0 fully saturated rings. The molecule has 0 heterocycles. The second-order valence-corrected chi connectivity index (χ2v) is 4.14. The fourth-order valence-electron chi connectivity index (χ4n) is 1.93. The first-order chi connectivity index (χ1) is 8.63. The quantitative estimate of drug-likeness (QED) is 0.810. The van der Waals surface area contributed by atoms with E-state index in [4.69, 9.17) is 9.47 Å². The monoisotopic (exact) mass is 252 g/mol. The molecular weight excluding hydrogens is 232 g/mol. The van der Waals surface area contributed by atoms with Crippen molar-refractivity contribution in [1.82, 2.24) is 0 Å². The molecule has 1 N–H and O–H groups in total. The molecule has 0 saturated heterocycles. The van der Waals surface area contributed by atoms with Crippen LogP contribution in [0.2, 0.25) is 0 Å². The van der Waals surface area contributed by atoms with Crippen molar-refractivity contribution < 1.29 is 19.4 Å². The lowest BCUT2D eigenvalue weighted by molar-refractivity contribution is -0.139. The Morgan fingerprint density at radius 3 is 2.56 bits per heavy atom. The zero-order chi connectivity index (χ0) is 13.5. The third kappa shape index (κ3) is 3.39. The van der Waals surface area contributed by atoms with E-state index in [2.05, 4.69) is 0 Å². The molecule has 1 atom stereocenters. The van der Waals surface area contributed by atoms with Crippen LogP contribution in [0.15, 0.2) is 18.2 Å². The molecule has 1 aromatic rings. The average molecular weight is 252 g/mol. The molecular formula is C14H20O4. The van der Waals surface area contributed by atoms with E-state index in [-0.39, 0.29) is 0 Å². The zero-order valence-corrected chi connectivity index (χ0v) is 11.1. The summed E-state index contributed by atoms with van der Waals surface area (Å²) < 4.78 is 10.4. The third-order valence-electron chi connectivity index (χ3n) is 2.96. The maximum atomic E-state index is 11.4. The summed E-state index contributed by atoms with van der Waals surface area (Å²) in [4.78, 5) is 11.4. The van der Waals surface area contributed by atoms with Gasteiger partial charge in [0.25, 0.3) is 0 Å². The van der Waals surface area contributed by atoms with Gasteiger partial charge in [-0.05, 0) is 24.6 Å². The predicted molar refractivity (Wildman–Crippen MR) is 69.4 cm³/mol. The van der Waals surface area contributed by atoms with Gasteiger partial charge in [0.1, 0.15) is 11.5 Å². The van der Waals surface area contributed by atoms with Gasteiger partial charge in [0.15, 0.2) is 0 Å². The number of benzene rings is 1. The SMILES string of the molecule is CCCCC(C(=O)O)c1cc(OC)ccc1OC. The molecule has 4 nitrogen and oxygen atoms in total. The third-order valence-corrected chi connectivity index (χ3v) is 2.96. The summed E-state index contributed by atoms with van der Waals surface area (Å²) in [5, 5.41) is 9.34. The van der Waals surface area contributed by atoms with Gasteiger partial charge in [-0.15, -0.1) is 0 Å². The van der Waals surface area contributed by atoms with Gasteiger partial charge < -0.3 is 14.6 Å². The van der Waals surface area contributed by atoms with Crippen molar-refractivity contribution in [1.29, 1.82) is 0 Å². The lowest BCUT2D eigenvalue weighted by atomic mass is 9.92. The van der Waals surface area contributed by atoms with Crippen LogP contribution in [0.3, 0.4) is 0 Å². The summed E-state index contributed by atoms with van der Waals surface area (Å²) in [6.45, 7) is 2.04. The van der Waals surface area contributed by atoms with Gasteiger partial charge in [-0.3, -0.25) is 4.79 Å². The molecule has 100 valence electrons. The molecule has 0 aliphatic carbocycles. The zero-order valence-electron chi connectivity index (χ0n) is 11.1. The summed E-state index contributed by atoms with van der Waals surface area (Å²) >= 11 is 0. The Hall–Kier alpha value is -1.71. The molecule has 0 radical (unpaired) electrons. The minimum absolute atomic E-state index is 0.546. The van der Waals surface area contributed by atoms with Crippen LogP contribution in [0.4, 0.5) is 0 Å². The van der Waals surface area contributed by atoms with E-state index < -0.39 is 11.9 Å². The number of methoxy groups -OCH3 is 2. The van der Waals surface area contributed by atoms with Gasteiger partial charge >= 0.3 is 5.97 Å². The van der Waals surface area contributed by atoms with Crippen molar-refractivity contribution in [2.24, 2.45) is 0 Å². The van der Waals surface area contributed by atoms with E-state index in [1.54, 1.807) is 32.4 Å². The van der Waals surface area contributed by atoms with Crippen molar-refractivity contribution in [3.63, 3.8) is 0 Å². The highest BCUT2D eigenvalue weighted by Gasteiger charge is 2.23. The fraction of sp³-hybridized carbons (Fsp3) is 0.500. The summed E-state index contributed by atoms with van der Waals surface area (Å²) in [6, 6.07) is 5.25. The van der Waals surface area contributed by atoms with Gasteiger partial charge in [0.2, 0.25) is 0 Å². The molecule has 0 aliphatic heterocycles. The molecule has 0 bridgehead atoms. The van der Waals surface area contributed by atoms with Crippen LogP contribution in [0.25, 0.3) is 0 Å². The Morgan fingerprint density at radius 1 is 1.33 bits per heavy atom. The Bertz CT molecular complexity index is 401. The van der Waals surface area contributed by atoms with E-state index in [0.717, 1.165) is 12.8 Å². The van der Waals surface area contributed by atoms with E-state index >= 15 is 0 Å². The number of aliphatic carboxylic acids is 1. The molecule has 18 heavy (non-hydrogen) atoms. The van der Waals surface area contributed by atoms with Gasteiger partial charge in [-0.25, -0.2) is 0 Å². The fourth-order valence-corrected chi connectivity index (χ4v) is 1.93. The van der Waals surface area contributed by atoms with Crippen LogP contribution >= 0.6 is 0 Å². The lowest BCUT2D eigenvalue weighted by Gasteiger charge is -2.16. The molecule has 0 spiro atoms. The van der Waals surface area contributed by atoms with Crippen LogP contribution < -0.4 is 9.47 Å². The second-order valence-electron chi connectivity index (χ2n) is 4.14. The van der Waals surface area contributed by atoms with Crippen molar-refractivity contribution >= 4 is 5.97 Å². The van der Waals surface area contributed by atoms with Crippen molar-refractivity contribution in [2.75, 3.05) is 14.2 Å². The second kappa shape index (κ2) is 6.89. The predicted octanol–water partition coefficient (Wildman–Crippen LogP) is 3.06. The molecule has 0 aromatic heterocycles. The highest BCUT2D eigenvalue weighted by atomic mass is 16.5. The Kier molecular flexibility index (Phi) is 5.49. The molecule has 0 amide bonds. The molecule has 1 unspecified atom stereocenters. The summed E-state index contributed by atoms with van der Waals surface area (Å²) in [7, 11) is 3.11. The highest BCUT2D eigenvalue weighted by Crippen LogP contribution is 2.33. The van der Waals surface area contributed by atoms with Crippen LogP contribution in [-0.2, 0) is 4.79 Å². The number of rotatable bonds is 7. The number of carboxylic acid groups (broad SMARTS) is 1.